The number of carbonyl (C=O) groups excluding carboxylic acids is 1. The summed E-state index contributed by atoms with van der Waals surface area (Å²) in [4.78, 5) is 22.7. The molecule has 0 saturated carbocycles. The van der Waals surface area contributed by atoms with Gasteiger partial charge in [0.05, 0.1) is 5.92 Å². The van der Waals surface area contributed by atoms with Crippen LogP contribution in [0.1, 0.15) is 24.8 Å². The predicted octanol–water partition coefficient (Wildman–Crippen LogP) is 1.57. The van der Waals surface area contributed by atoms with E-state index in [4.69, 9.17) is 0 Å². The lowest BCUT2D eigenvalue weighted by molar-refractivity contribution is -0.138. The van der Waals surface area contributed by atoms with E-state index in [1.807, 2.05) is 6.07 Å². The smallest absolute Gasteiger partial charge is 0.314 e. The van der Waals surface area contributed by atoms with E-state index in [-0.39, 0.29) is 12.6 Å². The van der Waals surface area contributed by atoms with Gasteiger partial charge in [-0.3, -0.25) is 4.79 Å². The molecule has 0 fully saturated rings. The summed E-state index contributed by atoms with van der Waals surface area (Å²) in [6.45, 7) is 2.22. The van der Waals surface area contributed by atoms with Gasteiger partial charge in [-0.05, 0) is 12.5 Å². The molecule has 106 valence electrons. The third-order valence-electron chi connectivity index (χ3n) is 2.68. The largest absolute Gasteiger partial charge is 0.481 e. The van der Waals surface area contributed by atoms with E-state index in [1.165, 1.54) is 0 Å². The Morgan fingerprint density at radius 1 is 1.25 bits per heavy atom. The molecular formula is C15H18N2O3. The second kappa shape index (κ2) is 8.59. The SMILES string of the molecule is CC#CCCNC(=O)NCC(C(=O)O)c1ccccc1. The summed E-state index contributed by atoms with van der Waals surface area (Å²) >= 11 is 0. The first-order valence-corrected chi connectivity index (χ1v) is 6.34. The molecule has 20 heavy (non-hydrogen) atoms. The van der Waals surface area contributed by atoms with Gasteiger partial charge in [-0.2, -0.15) is 0 Å². The highest BCUT2D eigenvalue weighted by atomic mass is 16.4. The van der Waals surface area contributed by atoms with Crippen LogP contribution in [0.5, 0.6) is 0 Å². The summed E-state index contributed by atoms with van der Waals surface area (Å²) < 4.78 is 0. The minimum absolute atomic E-state index is 0.0463. The number of hydrogen-bond donors (Lipinski definition) is 3. The average molecular weight is 274 g/mol. The number of rotatable bonds is 6. The molecule has 0 aromatic heterocycles. The Hall–Kier alpha value is -2.48. The molecule has 5 nitrogen and oxygen atoms in total. The maximum atomic E-state index is 11.5. The summed E-state index contributed by atoms with van der Waals surface area (Å²) in [5.74, 6) is 3.84. The number of hydrogen-bond acceptors (Lipinski definition) is 2. The van der Waals surface area contributed by atoms with E-state index < -0.39 is 11.9 Å². The molecule has 1 aromatic rings. The molecule has 0 saturated heterocycles. The molecular weight excluding hydrogens is 256 g/mol. The van der Waals surface area contributed by atoms with Crippen LogP contribution >= 0.6 is 0 Å². The van der Waals surface area contributed by atoms with Gasteiger partial charge in [-0.15, -0.1) is 11.8 Å². The lowest BCUT2D eigenvalue weighted by Crippen LogP contribution is -2.39. The molecule has 5 heteroatoms. The Balaban J connectivity index is 2.45. The van der Waals surface area contributed by atoms with E-state index in [2.05, 4.69) is 22.5 Å². The Bertz CT molecular complexity index is 503. The van der Waals surface area contributed by atoms with Gasteiger partial charge in [0.25, 0.3) is 0 Å². The van der Waals surface area contributed by atoms with Crippen LogP contribution in [0, 0.1) is 11.8 Å². The second-order valence-corrected chi connectivity index (χ2v) is 4.12. The second-order valence-electron chi connectivity index (χ2n) is 4.12. The molecule has 0 aliphatic heterocycles. The van der Waals surface area contributed by atoms with Crippen molar-refractivity contribution < 1.29 is 14.7 Å². The minimum Gasteiger partial charge on any atom is -0.481 e. The van der Waals surface area contributed by atoms with Crippen molar-refractivity contribution in [3.63, 3.8) is 0 Å². The van der Waals surface area contributed by atoms with Crippen molar-refractivity contribution in [3.05, 3.63) is 35.9 Å². The number of urea groups is 1. The molecule has 1 aromatic carbocycles. The standard InChI is InChI=1S/C15H18N2O3/c1-2-3-7-10-16-15(20)17-11-13(14(18)19)12-8-5-4-6-9-12/h4-6,8-9,13H,7,10-11H2,1H3,(H,18,19)(H2,16,17,20). The highest BCUT2D eigenvalue weighted by molar-refractivity contribution is 5.79. The number of amides is 2. The van der Waals surface area contributed by atoms with Gasteiger partial charge in [-0.1, -0.05) is 30.3 Å². The molecule has 0 bridgehead atoms. The van der Waals surface area contributed by atoms with Crippen LogP contribution in [0.3, 0.4) is 0 Å². The van der Waals surface area contributed by atoms with E-state index in [0.717, 1.165) is 0 Å². The molecule has 1 rings (SSSR count). The molecule has 2 amide bonds. The Morgan fingerprint density at radius 2 is 1.95 bits per heavy atom. The van der Waals surface area contributed by atoms with Gasteiger partial charge < -0.3 is 15.7 Å². The van der Waals surface area contributed by atoms with Crippen molar-refractivity contribution in [3.8, 4) is 11.8 Å². The van der Waals surface area contributed by atoms with Gasteiger partial charge in [0.1, 0.15) is 0 Å². The Labute approximate surface area is 118 Å². The highest BCUT2D eigenvalue weighted by Gasteiger charge is 2.20. The zero-order chi connectivity index (χ0) is 14.8. The molecule has 0 aliphatic rings. The van der Waals surface area contributed by atoms with Crippen LogP contribution in [0.4, 0.5) is 4.79 Å². The molecule has 3 N–H and O–H groups in total. The first-order valence-electron chi connectivity index (χ1n) is 6.34. The molecule has 0 aliphatic carbocycles. The van der Waals surface area contributed by atoms with E-state index in [1.54, 1.807) is 31.2 Å². The number of carboxylic acid groups (broad SMARTS) is 1. The minimum atomic E-state index is -0.964. The van der Waals surface area contributed by atoms with Crippen molar-refractivity contribution in [1.29, 1.82) is 0 Å². The fourth-order valence-electron chi connectivity index (χ4n) is 1.65. The normalized spacial score (nSPS) is 10.8. The predicted molar refractivity (Wildman–Crippen MR) is 76.3 cm³/mol. The molecule has 0 heterocycles. The zero-order valence-electron chi connectivity index (χ0n) is 11.3. The third-order valence-corrected chi connectivity index (χ3v) is 2.68. The van der Waals surface area contributed by atoms with Gasteiger partial charge in [0.2, 0.25) is 0 Å². The first-order chi connectivity index (χ1) is 9.65. The number of carbonyl (C=O) groups is 2. The number of benzene rings is 1. The molecule has 1 atom stereocenters. The Morgan fingerprint density at radius 3 is 2.55 bits per heavy atom. The fraction of sp³-hybridized carbons (Fsp3) is 0.333. The van der Waals surface area contributed by atoms with E-state index in [9.17, 15) is 14.7 Å². The topological polar surface area (TPSA) is 78.4 Å². The van der Waals surface area contributed by atoms with Gasteiger partial charge in [-0.25, -0.2) is 4.79 Å². The fourth-order valence-corrected chi connectivity index (χ4v) is 1.65. The number of aliphatic carboxylic acids is 1. The number of carboxylic acids is 1. The summed E-state index contributed by atoms with van der Waals surface area (Å²) in [6.07, 6.45) is 0.574. The number of nitrogens with one attached hydrogen (secondary N) is 2. The maximum Gasteiger partial charge on any atom is 0.314 e. The summed E-state index contributed by atoms with van der Waals surface area (Å²) in [5.41, 5.74) is 0.664. The van der Waals surface area contributed by atoms with E-state index in [0.29, 0.717) is 18.5 Å². The van der Waals surface area contributed by atoms with Crippen molar-refractivity contribution in [2.45, 2.75) is 19.3 Å². The molecule has 0 spiro atoms. The van der Waals surface area contributed by atoms with Crippen molar-refractivity contribution in [2.24, 2.45) is 0 Å². The monoisotopic (exact) mass is 274 g/mol. The van der Waals surface area contributed by atoms with Crippen LogP contribution in [-0.4, -0.2) is 30.2 Å². The van der Waals surface area contributed by atoms with Gasteiger partial charge >= 0.3 is 12.0 Å². The average Bonchev–Trinajstić information content (AvgIpc) is 2.44. The summed E-state index contributed by atoms with van der Waals surface area (Å²) in [6, 6.07) is 8.44. The van der Waals surface area contributed by atoms with Gasteiger partial charge in [0.15, 0.2) is 0 Å². The quantitative estimate of drug-likeness (QED) is 0.544. The maximum absolute atomic E-state index is 11.5. The van der Waals surface area contributed by atoms with Crippen molar-refractivity contribution in [1.82, 2.24) is 10.6 Å². The lowest BCUT2D eigenvalue weighted by atomic mass is 9.99. The summed E-state index contributed by atoms with van der Waals surface area (Å²) in [7, 11) is 0. The summed E-state index contributed by atoms with van der Waals surface area (Å²) in [5, 5.41) is 14.4. The van der Waals surface area contributed by atoms with Crippen molar-refractivity contribution >= 4 is 12.0 Å². The van der Waals surface area contributed by atoms with Crippen LogP contribution in [0.25, 0.3) is 0 Å². The van der Waals surface area contributed by atoms with Gasteiger partial charge in [0, 0.05) is 19.5 Å². The van der Waals surface area contributed by atoms with Crippen LogP contribution in [0.2, 0.25) is 0 Å². The van der Waals surface area contributed by atoms with Crippen molar-refractivity contribution in [2.75, 3.05) is 13.1 Å². The Kier molecular flexibility index (Phi) is 6.69. The van der Waals surface area contributed by atoms with Crippen LogP contribution < -0.4 is 10.6 Å². The van der Waals surface area contributed by atoms with Crippen LogP contribution in [-0.2, 0) is 4.79 Å². The molecule has 1 unspecified atom stereocenters. The zero-order valence-corrected chi connectivity index (χ0v) is 11.3. The molecule has 0 radical (unpaired) electrons. The third kappa shape index (κ3) is 5.44. The lowest BCUT2D eigenvalue weighted by Gasteiger charge is -2.14. The van der Waals surface area contributed by atoms with Crippen LogP contribution in [0.15, 0.2) is 30.3 Å². The first kappa shape index (κ1) is 15.6. The van der Waals surface area contributed by atoms with E-state index >= 15 is 0 Å². The highest BCUT2D eigenvalue weighted by Crippen LogP contribution is 2.14.